The Bertz CT molecular complexity index is 992. The Morgan fingerprint density at radius 2 is 1.62 bits per heavy atom. The van der Waals surface area contributed by atoms with Crippen molar-refractivity contribution < 1.29 is 14.3 Å². The second-order valence-electron chi connectivity index (χ2n) is 6.02. The van der Waals surface area contributed by atoms with Crippen LogP contribution < -0.4 is 15.4 Å². The molecule has 0 aliphatic carbocycles. The number of thioether (sulfide) groups is 1. The number of nitrogens with one attached hydrogen (secondary N) is 2. The van der Waals surface area contributed by atoms with Crippen LogP contribution in [0.2, 0.25) is 5.02 Å². The first-order chi connectivity index (χ1) is 14.0. The number of methoxy groups -OCH3 is 1. The number of para-hydroxylation sites is 1. The van der Waals surface area contributed by atoms with Crippen molar-refractivity contribution in [2.24, 2.45) is 0 Å². The van der Waals surface area contributed by atoms with Crippen molar-refractivity contribution in [2.45, 2.75) is 4.90 Å². The molecule has 148 valence electrons. The number of ether oxygens (including phenoxy) is 1. The quantitative estimate of drug-likeness (QED) is 0.501. The summed E-state index contributed by atoms with van der Waals surface area (Å²) in [6.07, 6.45) is 0. The van der Waals surface area contributed by atoms with Crippen LogP contribution in [0.25, 0.3) is 0 Å². The third kappa shape index (κ3) is 6.01. The van der Waals surface area contributed by atoms with Gasteiger partial charge in [0, 0.05) is 16.1 Å². The molecule has 3 aromatic rings. The zero-order valence-corrected chi connectivity index (χ0v) is 17.2. The molecule has 3 aromatic carbocycles. The molecule has 2 amide bonds. The van der Waals surface area contributed by atoms with Crippen LogP contribution in [0.15, 0.2) is 77.7 Å². The molecule has 2 N–H and O–H groups in total. The number of rotatable bonds is 7. The first kappa shape index (κ1) is 20.8. The summed E-state index contributed by atoms with van der Waals surface area (Å²) in [5.74, 6) is 0.608. The van der Waals surface area contributed by atoms with Crippen LogP contribution in [0.3, 0.4) is 0 Å². The Hall–Kier alpha value is -2.96. The van der Waals surface area contributed by atoms with Gasteiger partial charge in [0.15, 0.2) is 0 Å². The fourth-order valence-electron chi connectivity index (χ4n) is 2.48. The molecule has 7 heteroatoms. The maximum Gasteiger partial charge on any atom is 0.255 e. The summed E-state index contributed by atoms with van der Waals surface area (Å²) >= 11 is 7.44. The Morgan fingerprint density at radius 1 is 0.931 bits per heavy atom. The molecule has 0 saturated heterocycles. The fourth-order valence-corrected chi connectivity index (χ4v) is 3.36. The van der Waals surface area contributed by atoms with Crippen molar-refractivity contribution in [3.05, 3.63) is 83.4 Å². The zero-order chi connectivity index (χ0) is 20.6. The van der Waals surface area contributed by atoms with Gasteiger partial charge in [-0.15, -0.1) is 11.8 Å². The van der Waals surface area contributed by atoms with E-state index in [-0.39, 0.29) is 17.6 Å². The molecule has 0 fully saturated rings. The average molecular weight is 427 g/mol. The van der Waals surface area contributed by atoms with Gasteiger partial charge in [-0.3, -0.25) is 9.59 Å². The van der Waals surface area contributed by atoms with Crippen LogP contribution in [0.1, 0.15) is 10.4 Å². The number of hydrogen-bond acceptors (Lipinski definition) is 4. The van der Waals surface area contributed by atoms with E-state index in [2.05, 4.69) is 10.6 Å². The smallest absolute Gasteiger partial charge is 0.255 e. The summed E-state index contributed by atoms with van der Waals surface area (Å²) in [6, 6.07) is 21.3. The molecule has 29 heavy (non-hydrogen) atoms. The molecule has 5 nitrogen and oxygen atoms in total. The van der Waals surface area contributed by atoms with Crippen molar-refractivity contribution in [3.8, 4) is 5.75 Å². The van der Waals surface area contributed by atoms with Crippen LogP contribution in [-0.2, 0) is 4.79 Å². The third-order valence-electron chi connectivity index (χ3n) is 3.98. The average Bonchev–Trinajstić information content (AvgIpc) is 2.75. The van der Waals surface area contributed by atoms with E-state index in [4.69, 9.17) is 16.3 Å². The Kier molecular flexibility index (Phi) is 7.16. The van der Waals surface area contributed by atoms with Gasteiger partial charge in [-0.25, -0.2) is 0 Å². The predicted molar refractivity (Wildman–Crippen MR) is 118 cm³/mol. The second-order valence-corrected chi connectivity index (χ2v) is 7.48. The molecule has 0 aliphatic heterocycles. The molecule has 0 saturated carbocycles. The molecular weight excluding hydrogens is 408 g/mol. The van der Waals surface area contributed by atoms with Crippen molar-refractivity contribution in [1.29, 1.82) is 0 Å². The van der Waals surface area contributed by atoms with Gasteiger partial charge in [-0.2, -0.15) is 0 Å². The van der Waals surface area contributed by atoms with Gasteiger partial charge < -0.3 is 15.4 Å². The van der Waals surface area contributed by atoms with Gasteiger partial charge in [0.2, 0.25) is 5.91 Å². The molecule has 0 aliphatic rings. The largest absolute Gasteiger partial charge is 0.497 e. The van der Waals surface area contributed by atoms with Gasteiger partial charge in [-0.1, -0.05) is 23.7 Å². The van der Waals surface area contributed by atoms with Crippen LogP contribution in [0.5, 0.6) is 5.75 Å². The molecule has 0 bridgehead atoms. The standard InChI is InChI=1S/C22H19ClN2O3S/c1-28-17-10-6-15(7-11-17)22(27)24-16-8-12-18(13-9-16)29-14-21(26)25-20-5-3-2-4-19(20)23/h2-13H,14H2,1H3,(H,24,27)(H,25,26). The summed E-state index contributed by atoms with van der Waals surface area (Å²) in [7, 11) is 1.58. The predicted octanol–water partition coefficient (Wildman–Crippen LogP) is 5.33. The molecule has 0 heterocycles. The van der Waals surface area contributed by atoms with E-state index in [1.165, 1.54) is 11.8 Å². The first-order valence-corrected chi connectivity index (χ1v) is 10.1. The van der Waals surface area contributed by atoms with Crippen molar-refractivity contribution in [3.63, 3.8) is 0 Å². The van der Waals surface area contributed by atoms with Crippen molar-refractivity contribution in [2.75, 3.05) is 23.5 Å². The maximum atomic E-state index is 12.3. The number of hydrogen-bond donors (Lipinski definition) is 2. The molecule has 0 radical (unpaired) electrons. The second kappa shape index (κ2) is 10.0. The number of carbonyl (C=O) groups excluding carboxylic acids is 2. The van der Waals surface area contributed by atoms with E-state index < -0.39 is 0 Å². The Balaban J connectivity index is 1.51. The molecular formula is C22H19ClN2O3S. The minimum atomic E-state index is -0.202. The lowest BCUT2D eigenvalue weighted by Gasteiger charge is -2.08. The summed E-state index contributed by atoms with van der Waals surface area (Å²) in [6.45, 7) is 0. The van der Waals surface area contributed by atoms with Gasteiger partial charge in [0.25, 0.3) is 5.91 Å². The van der Waals surface area contributed by atoms with Crippen LogP contribution in [0.4, 0.5) is 11.4 Å². The molecule has 3 rings (SSSR count). The van der Waals surface area contributed by atoms with E-state index in [1.807, 2.05) is 24.3 Å². The minimum absolute atomic E-state index is 0.139. The lowest BCUT2D eigenvalue weighted by molar-refractivity contribution is -0.113. The van der Waals surface area contributed by atoms with Crippen LogP contribution in [0, 0.1) is 0 Å². The monoisotopic (exact) mass is 426 g/mol. The summed E-state index contributed by atoms with van der Waals surface area (Å²) < 4.78 is 5.09. The van der Waals surface area contributed by atoms with Crippen molar-refractivity contribution in [1.82, 2.24) is 0 Å². The number of anilines is 2. The summed E-state index contributed by atoms with van der Waals surface area (Å²) in [5.41, 5.74) is 1.81. The van der Waals surface area contributed by atoms with Gasteiger partial charge in [-0.05, 0) is 60.7 Å². The van der Waals surface area contributed by atoms with Gasteiger partial charge in [0.05, 0.1) is 23.6 Å². The maximum absolute atomic E-state index is 12.3. The number of halogens is 1. The molecule has 0 spiro atoms. The Labute approximate surface area is 178 Å². The van der Waals surface area contributed by atoms with E-state index >= 15 is 0 Å². The normalized spacial score (nSPS) is 10.3. The van der Waals surface area contributed by atoms with Crippen LogP contribution in [-0.4, -0.2) is 24.7 Å². The topological polar surface area (TPSA) is 67.4 Å². The summed E-state index contributed by atoms with van der Waals surface area (Å²) in [4.78, 5) is 25.3. The minimum Gasteiger partial charge on any atom is -0.497 e. The van der Waals surface area contributed by atoms with E-state index in [0.717, 1.165) is 4.90 Å². The van der Waals surface area contributed by atoms with Crippen LogP contribution >= 0.6 is 23.4 Å². The van der Waals surface area contributed by atoms with Gasteiger partial charge in [0.1, 0.15) is 5.75 Å². The van der Waals surface area contributed by atoms with E-state index in [1.54, 1.807) is 55.6 Å². The molecule has 0 unspecified atom stereocenters. The number of amides is 2. The van der Waals surface area contributed by atoms with Gasteiger partial charge >= 0.3 is 0 Å². The van der Waals surface area contributed by atoms with E-state index in [0.29, 0.717) is 27.7 Å². The fraction of sp³-hybridized carbons (Fsp3) is 0.0909. The molecule has 0 aromatic heterocycles. The first-order valence-electron chi connectivity index (χ1n) is 8.78. The number of benzene rings is 3. The highest BCUT2D eigenvalue weighted by molar-refractivity contribution is 8.00. The highest BCUT2D eigenvalue weighted by Gasteiger charge is 2.08. The highest BCUT2D eigenvalue weighted by Crippen LogP contribution is 2.23. The summed E-state index contributed by atoms with van der Waals surface area (Å²) in [5, 5.41) is 6.13. The Morgan fingerprint density at radius 3 is 2.28 bits per heavy atom. The highest BCUT2D eigenvalue weighted by atomic mass is 35.5. The molecule has 0 atom stereocenters. The van der Waals surface area contributed by atoms with Crippen molar-refractivity contribution >= 4 is 46.6 Å². The van der Waals surface area contributed by atoms with E-state index in [9.17, 15) is 9.59 Å². The zero-order valence-electron chi connectivity index (χ0n) is 15.6. The third-order valence-corrected chi connectivity index (χ3v) is 5.32. The lowest BCUT2D eigenvalue weighted by Crippen LogP contribution is -2.14. The SMILES string of the molecule is COc1ccc(C(=O)Nc2ccc(SCC(=O)Nc3ccccc3Cl)cc2)cc1. The number of carbonyl (C=O) groups is 2. The lowest BCUT2D eigenvalue weighted by atomic mass is 10.2.